The fourth-order valence-corrected chi connectivity index (χ4v) is 2.83. The Kier molecular flexibility index (Phi) is 3.72. The first kappa shape index (κ1) is 11.0. The third kappa shape index (κ3) is 3.00. The number of aromatic nitrogens is 1. The standard InChI is InChI=1S/C11H18N2OS/c1-8-11(15-9(2)13-8)7-12-14-10-5-3-4-6-10/h10,12H,3-7H2,1-2H3. The lowest BCUT2D eigenvalue weighted by molar-refractivity contribution is -0.0240. The molecule has 15 heavy (non-hydrogen) atoms. The Morgan fingerprint density at radius 2 is 2.13 bits per heavy atom. The molecular weight excluding hydrogens is 208 g/mol. The summed E-state index contributed by atoms with van der Waals surface area (Å²) >= 11 is 1.74. The zero-order chi connectivity index (χ0) is 10.7. The van der Waals surface area contributed by atoms with E-state index < -0.39 is 0 Å². The van der Waals surface area contributed by atoms with Gasteiger partial charge in [0, 0.05) is 4.88 Å². The number of hydrogen-bond donors (Lipinski definition) is 1. The van der Waals surface area contributed by atoms with Gasteiger partial charge in [-0.3, -0.25) is 4.84 Å². The van der Waals surface area contributed by atoms with Crippen LogP contribution in [0.2, 0.25) is 0 Å². The quantitative estimate of drug-likeness (QED) is 0.802. The Morgan fingerprint density at radius 3 is 2.73 bits per heavy atom. The maximum Gasteiger partial charge on any atom is 0.0900 e. The van der Waals surface area contributed by atoms with Crippen molar-refractivity contribution in [2.24, 2.45) is 0 Å². The van der Waals surface area contributed by atoms with Gasteiger partial charge in [-0.25, -0.2) is 4.98 Å². The van der Waals surface area contributed by atoms with Gasteiger partial charge in [-0.05, 0) is 26.7 Å². The predicted octanol–water partition coefficient (Wildman–Crippen LogP) is 2.72. The normalized spacial score (nSPS) is 17.5. The van der Waals surface area contributed by atoms with Gasteiger partial charge < -0.3 is 0 Å². The van der Waals surface area contributed by atoms with Gasteiger partial charge in [0.25, 0.3) is 0 Å². The molecule has 4 heteroatoms. The highest BCUT2D eigenvalue weighted by Crippen LogP contribution is 2.21. The van der Waals surface area contributed by atoms with Crippen LogP contribution in [0.5, 0.6) is 0 Å². The monoisotopic (exact) mass is 226 g/mol. The van der Waals surface area contributed by atoms with Crippen molar-refractivity contribution in [2.75, 3.05) is 0 Å². The molecule has 0 aliphatic heterocycles. The average Bonchev–Trinajstić information content (AvgIpc) is 2.77. The van der Waals surface area contributed by atoms with Crippen LogP contribution < -0.4 is 5.48 Å². The molecule has 1 aromatic rings. The summed E-state index contributed by atoms with van der Waals surface area (Å²) in [5.74, 6) is 0. The maximum atomic E-state index is 5.60. The molecule has 0 atom stereocenters. The predicted molar refractivity (Wildman–Crippen MR) is 61.8 cm³/mol. The van der Waals surface area contributed by atoms with E-state index in [0.29, 0.717) is 6.10 Å². The molecule has 1 saturated carbocycles. The van der Waals surface area contributed by atoms with Gasteiger partial charge in [-0.1, -0.05) is 12.8 Å². The average molecular weight is 226 g/mol. The van der Waals surface area contributed by atoms with Crippen LogP contribution in [-0.2, 0) is 11.4 Å². The first-order valence-corrected chi connectivity index (χ1v) is 6.39. The van der Waals surface area contributed by atoms with Gasteiger partial charge in [-0.15, -0.1) is 11.3 Å². The van der Waals surface area contributed by atoms with E-state index in [4.69, 9.17) is 4.84 Å². The largest absolute Gasteiger partial charge is 0.298 e. The number of nitrogens with one attached hydrogen (secondary N) is 1. The minimum atomic E-state index is 0.430. The molecule has 84 valence electrons. The Labute approximate surface area is 94.8 Å². The fraction of sp³-hybridized carbons (Fsp3) is 0.727. The minimum Gasteiger partial charge on any atom is -0.298 e. The van der Waals surface area contributed by atoms with Crippen LogP contribution >= 0.6 is 11.3 Å². The SMILES string of the molecule is Cc1nc(C)c(CNOC2CCCC2)s1. The lowest BCUT2D eigenvalue weighted by atomic mass is 10.3. The molecular formula is C11H18N2OS. The van der Waals surface area contributed by atoms with Crippen molar-refractivity contribution >= 4 is 11.3 Å². The van der Waals surface area contributed by atoms with Crippen molar-refractivity contribution in [3.05, 3.63) is 15.6 Å². The van der Waals surface area contributed by atoms with E-state index in [9.17, 15) is 0 Å². The first-order chi connectivity index (χ1) is 7.25. The van der Waals surface area contributed by atoms with E-state index in [2.05, 4.69) is 17.4 Å². The number of hydrogen-bond acceptors (Lipinski definition) is 4. The van der Waals surface area contributed by atoms with E-state index in [0.717, 1.165) is 17.2 Å². The van der Waals surface area contributed by atoms with Crippen LogP contribution in [0.3, 0.4) is 0 Å². The van der Waals surface area contributed by atoms with Gasteiger partial charge in [0.2, 0.25) is 0 Å². The van der Waals surface area contributed by atoms with Crippen molar-refractivity contribution in [3.8, 4) is 0 Å². The Morgan fingerprint density at radius 1 is 1.40 bits per heavy atom. The third-order valence-corrected chi connectivity index (χ3v) is 3.86. The molecule has 1 heterocycles. The summed E-state index contributed by atoms with van der Waals surface area (Å²) in [6.45, 7) is 4.88. The van der Waals surface area contributed by atoms with Gasteiger partial charge in [-0.2, -0.15) is 5.48 Å². The van der Waals surface area contributed by atoms with Crippen LogP contribution in [0.4, 0.5) is 0 Å². The van der Waals surface area contributed by atoms with Crippen LogP contribution in [0.1, 0.15) is 41.3 Å². The third-order valence-electron chi connectivity index (χ3n) is 2.78. The summed E-state index contributed by atoms with van der Waals surface area (Å²) in [7, 11) is 0. The number of aryl methyl sites for hydroxylation is 2. The van der Waals surface area contributed by atoms with Crippen LogP contribution in [-0.4, -0.2) is 11.1 Å². The van der Waals surface area contributed by atoms with E-state index in [1.807, 2.05) is 6.92 Å². The molecule has 2 rings (SSSR count). The van der Waals surface area contributed by atoms with Crippen molar-refractivity contribution in [1.82, 2.24) is 10.5 Å². The molecule has 0 saturated heterocycles. The number of thiazole rings is 1. The molecule has 1 aromatic heterocycles. The van der Waals surface area contributed by atoms with Crippen LogP contribution in [0.25, 0.3) is 0 Å². The summed E-state index contributed by atoms with van der Waals surface area (Å²) in [6, 6.07) is 0. The topological polar surface area (TPSA) is 34.2 Å². The van der Waals surface area contributed by atoms with E-state index in [-0.39, 0.29) is 0 Å². The summed E-state index contributed by atoms with van der Waals surface area (Å²) in [6.07, 6.45) is 5.46. The Bertz CT molecular complexity index is 318. The van der Waals surface area contributed by atoms with E-state index >= 15 is 0 Å². The van der Waals surface area contributed by atoms with Gasteiger partial charge >= 0.3 is 0 Å². The maximum absolute atomic E-state index is 5.60. The number of hydroxylamine groups is 1. The smallest absolute Gasteiger partial charge is 0.0900 e. The molecule has 0 unspecified atom stereocenters. The summed E-state index contributed by atoms with van der Waals surface area (Å²) in [4.78, 5) is 11.3. The molecule has 0 amide bonds. The van der Waals surface area contributed by atoms with E-state index in [1.54, 1.807) is 11.3 Å². The lowest BCUT2D eigenvalue weighted by Gasteiger charge is -2.10. The number of nitrogens with zero attached hydrogens (tertiary/aromatic N) is 1. The first-order valence-electron chi connectivity index (χ1n) is 5.57. The van der Waals surface area contributed by atoms with Crippen molar-refractivity contribution in [2.45, 2.75) is 52.2 Å². The fourth-order valence-electron chi connectivity index (χ4n) is 1.97. The van der Waals surface area contributed by atoms with Crippen LogP contribution in [0, 0.1) is 13.8 Å². The highest BCUT2D eigenvalue weighted by Gasteiger charge is 2.15. The van der Waals surface area contributed by atoms with Crippen molar-refractivity contribution < 1.29 is 4.84 Å². The zero-order valence-electron chi connectivity index (χ0n) is 9.38. The van der Waals surface area contributed by atoms with E-state index in [1.165, 1.54) is 30.6 Å². The zero-order valence-corrected chi connectivity index (χ0v) is 10.2. The minimum absolute atomic E-state index is 0.430. The second-order valence-electron chi connectivity index (χ2n) is 4.09. The van der Waals surface area contributed by atoms with Crippen LogP contribution in [0.15, 0.2) is 0 Å². The van der Waals surface area contributed by atoms with Crippen molar-refractivity contribution in [1.29, 1.82) is 0 Å². The summed E-state index contributed by atoms with van der Waals surface area (Å²) in [5.41, 5.74) is 4.19. The second kappa shape index (κ2) is 5.05. The molecule has 1 aliphatic carbocycles. The molecule has 0 aromatic carbocycles. The lowest BCUT2D eigenvalue weighted by Crippen LogP contribution is -2.21. The number of rotatable bonds is 4. The molecule has 0 radical (unpaired) electrons. The molecule has 3 nitrogen and oxygen atoms in total. The molecule has 1 aliphatic rings. The Balaban J connectivity index is 1.75. The molecule has 0 bridgehead atoms. The molecule has 1 fully saturated rings. The van der Waals surface area contributed by atoms with Gasteiger partial charge in [0.05, 0.1) is 23.4 Å². The molecule has 0 spiro atoms. The molecule has 1 N–H and O–H groups in total. The summed E-state index contributed by atoms with van der Waals surface area (Å²) < 4.78 is 0. The summed E-state index contributed by atoms with van der Waals surface area (Å²) in [5, 5.41) is 1.13. The highest BCUT2D eigenvalue weighted by atomic mass is 32.1. The second-order valence-corrected chi connectivity index (χ2v) is 5.37. The van der Waals surface area contributed by atoms with Gasteiger partial charge in [0.1, 0.15) is 0 Å². The Hall–Kier alpha value is -0.450. The van der Waals surface area contributed by atoms with Crippen molar-refractivity contribution in [3.63, 3.8) is 0 Å². The van der Waals surface area contributed by atoms with Gasteiger partial charge in [0.15, 0.2) is 0 Å². The highest BCUT2D eigenvalue weighted by molar-refractivity contribution is 7.11.